The van der Waals surface area contributed by atoms with Crippen LogP contribution in [0.5, 0.6) is 5.75 Å². The highest BCUT2D eigenvalue weighted by atomic mass is 16.7. The molecular weight excluding hydrogens is 354 g/mol. The lowest BCUT2D eigenvalue weighted by Gasteiger charge is -2.39. The van der Waals surface area contributed by atoms with E-state index in [2.05, 4.69) is 11.2 Å². The van der Waals surface area contributed by atoms with Crippen LogP contribution in [-0.2, 0) is 16.0 Å². The van der Waals surface area contributed by atoms with Crippen molar-refractivity contribution in [2.24, 2.45) is 0 Å². The maximum Gasteiger partial charge on any atom is 0.229 e. The van der Waals surface area contributed by atoms with Gasteiger partial charge >= 0.3 is 0 Å². The molecule has 0 unspecified atom stereocenters. The van der Waals surface area contributed by atoms with Crippen LogP contribution in [0.2, 0.25) is 0 Å². The summed E-state index contributed by atoms with van der Waals surface area (Å²) in [7, 11) is 0. The van der Waals surface area contributed by atoms with E-state index < -0.39 is 37.3 Å². The van der Waals surface area contributed by atoms with Crippen molar-refractivity contribution in [1.82, 2.24) is 5.32 Å². The minimum Gasteiger partial charge on any atom is -0.462 e. The van der Waals surface area contributed by atoms with Gasteiger partial charge < -0.3 is 35.2 Å². The fraction of sp³-hybridized carbons (Fsp3) is 0.526. The molecule has 0 bridgehead atoms. The third-order valence-electron chi connectivity index (χ3n) is 4.26. The number of ether oxygens (including phenoxy) is 2. The fourth-order valence-electron chi connectivity index (χ4n) is 2.65. The Bertz CT molecular complexity index is 640. The second-order valence-electron chi connectivity index (χ2n) is 6.26. The van der Waals surface area contributed by atoms with Crippen molar-refractivity contribution >= 4 is 5.91 Å². The molecule has 0 aromatic heterocycles. The smallest absolute Gasteiger partial charge is 0.229 e. The maximum atomic E-state index is 11.5. The van der Waals surface area contributed by atoms with Crippen LogP contribution in [-0.4, -0.2) is 70.2 Å². The van der Waals surface area contributed by atoms with E-state index in [4.69, 9.17) is 15.9 Å². The van der Waals surface area contributed by atoms with E-state index in [0.29, 0.717) is 31.6 Å². The van der Waals surface area contributed by atoms with E-state index in [1.807, 2.05) is 0 Å². The third kappa shape index (κ3) is 5.92. The molecule has 27 heavy (non-hydrogen) atoms. The zero-order chi connectivity index (χ0) is 19.8. The Kier molecular flexibility index (Phi) is 8.03. The first-order valence-corrected chi connectivity index (χ1v) is 8.72. The second kappa shape index (κ2) is 10.3. The lowest BCUT2D eigenvalue weighted by atomic mass is 9.99. The van der Waals surface area contributed by atoms with Crippen molar-refractivity contribution in [2.45, 2.75) is 50.0 Å². The molecule has 1 aliphatic heterocycles. The van der Waals surface area contributed by atoms with Crippen LogP contribution >= 0.6 is 0 Å². The number of rotatable bonds is 8. The number of nitrogens with one attached hydrogen (secondary N) is 1. The van der Waals surface area contributed by atoms with Crippen molar-refractivity contribution in [3.8, 4) is 18.1 Å². The minimum absolute atomic E-state index is 0.0875. The summed E-state index contributed by atoms with van der Waals surface area (Å²) in [5.41, 5.74) is 0.966. The molecule has 0 spiro atoms. The molecular formula is C19H25NO7. The van der Waals surface area contributed by atoms with Gasteiger partial charge in [-0.2, -0.15) is 0 Å². The molecule has 1 fully saturated rings. The molecule has 148 valence electrons. The molecule has 5 atom stereocenters. The average molecular weight is 379 g/mol. The SMILES string of the molecule is C#CCCC(=O)NCCc1ccc(O[C@H]2O[C@H](CO)[C@@H](O)[C@H](O)[C@@H]2O)cc1. The van der Waals surface area contributed by atoms with Crippen LogP contribution in [0.1, 0.15) is 18.4 Å². The number of carbonyl (C=O) groups is 1. The number of hydrogen-bond donors (Lipinski definition) is 5. The zero-order valence-corrected chi connectivity index (χ0v) is 14.8. The molecule has 1 amide bonds. The Hall–Kier alpha value is -2.15. The molecule has 1 aromatic rings. The van der Waals surface area contributed by atoms with Crippen molar-refractivity contribution in [3.05, 3.63) is 29.8 Å². The van der Waals surface area contributed by atoms with Gasteiger partial charge in [0, 0.05) is 19.4 Å². The number of hydrogen-bond acceptors (Lipinski definition) is 7. The van der Waals surface area contributed by atoms with Gasteiger partial charge in [0.25, 0.3) is 0 Å². The predicted molar refractivity (Wildman–Crippen MR) is 95.6 cm³/mol. The van der Waals surface area contributed by atoms with E-state index >= 15 is 0 Å². The van der Waals surface area contributed by atoms with Crippen molar-refractivity contribution in [3.63, 3.8) is 0 Å². The number of benzene rings is 1. The molecule has 8 heteroatoms. The molecule has 0 radical (unpaired) electrons. The van der Waals surface area contributed by atoms with E-state index in [0.717, 1.165) is 5.56 Å². The van der Waals surface area contributed by atoms with Gasteiger partial charge in [-0.05, 0) is 24.1 Å². The summed E-state index contributed by atoms with van der Waals surface area (Å²) in [6.07, 6.45) is -0.157. The fourth-order valence-corrected chi connectivity index (χ4v) is 2.65. The van der Waals surface area contributed by atoms with Gasteiger partial charge in [-0.15, -0.1) is 12.3 Å². The Labute approximate surface area is 157 Å². The van der Waals surface area contributed by atoms with E-state index in [-0.39, 0.29) is 5.91 Å². The number of aliphatic hydroxyl groups is 4. The topological polar surface area (TPSA) is 128 Å². The van der Waals surface area contributed by atoms with Crippen molar-refractivity contribution in [1.29, 1.82) is 0 Å². The first-order valence-electron chi connectivity index (χ1n) is 8.72. The standard InChI is InChI=1S/C19H25NO7/c1-2-3-4-15(22)20-10-9-12-5-7-13(8-6-12)26-19-18(25)17(24)16(23)14(11-21)27-19/h1,5-8,14,16-19,21,23-25H,3-4,9-11H2,(H,20,22)/t14-,16-,17+,18+,19+/m1/s1. The number of aliphatic hydroxyl groups excluding tert-OH is 4. The van der Waals surface area contributed by atoms with E-state index in [9.17, 15) is 25.2 Å². The van der Waals surface area contributed by atoms with Gasteiger partial charge in [-0.1, -0.05) is 12.1 Å². The highest BCUT2D eigenvalue weighted by Gasteiger charge is 2.44. The van der Waals surface area contributed by atoms with E-state index in [1.165, 1.54) is 0 Å². The first kappa shape index (κ1) is 21.2. The Morgan fingerprint density at radius 2 is 1.89 bits per heavy atom. The Morgan fingerprint density at radius 3 is 2.52 bits per heavy atom. The van der Waals surface area contributed by atoms with Gasteiger partial charge in [-0.25, -0.2) is 0 Å². The molecule has 1 saturated heterocycles. The normalized spacial score (nSPS) is 27.6. The van der Waals surface area contributed by atoms with Crippen LogP contribution in [0, 0.1) is 12.3 Å². The summed E-state index contributed by atoms with van der Waals surface area (Å²) in [5, 5.41) is 41.5. The summed E-state index contributed by atoms with van der Waals surface area (Å²) < 4.78 is 10.8. The van der Waals surface area contributed by atoms with Crippen LogP contribution in [0.4, 0.5) is 0 Å². The summed E-state index contributed by atoms with van der Waals surface area (Å²) >= 11 is 0. The zero-order valence-electron chi connectivity index (χ0n) is 14.8. The van der Waals surface area contributed by atoms with Crippen LogP contribution < -0.4 is 10.1 Å². The molecule has 0 saturated carbocycles. The summed E-state index contributed by atoms with van der Waals surface area (Å²) in [6, 6.07) is 6.92. The maximum absolute atomic E-state index is 11.5. The van der Waals surface area contributed by atoms with Gasteiger partial charge in [-0.3, -0.25) is 4.79 Å². The van der Waals surface area contributed by atoms with Crippen molar-refractivity contribution in [2.75, 3.05) is 13.2 Å². The number of terminal acetylenes is 1. The van der Waals surface area contributed by atoms with Crippen LogP contribution in [0.3, 0.4) is 0 Å². The van der Waals surface area contributed by atoms with E-state index in [1.54, 1.807) is 24.3 Å². The van der Waals surface area contributed by atoms with Gasteiger partial charge in [0.2, 0.25) is 12.2 Å². The number of carbonyl (C=O) groups excluding carboxylic acids is 1. The summed E-state index contributed by atoms with van der Waals surface area (Å²) in [6.45, 7) is -0.0346. The summed E-state index contributed by atoms with van der Waals surface area (Å²) in [4.78, 5) is 11.5. The van der Waals surface area contributed by atoms with Crippen LogP contribution in [0.25, 0.3) is 0 Å². The molecule has 2 rings (SSSR count). The van der Waals surface area contributed by atoms with Gasteiger partial charge in [0.05, 0.1) is 6.61 Å². The van der Waals surface area contributed by atoms with Gasteiger partial charge in [0.15, 0.2) is 0 Å². The third-order valence-corrected chi connectivity index (χ3v) is 4.26. The van der Waals surface area contributed by atoms with Gasteiger partial charge in [0.1, 0.15) is 30.2 Å². The summed E-state index contributed by atoms with van der Waals surface area (Å²) in [5.74, 6) is 2.72. The first-order chi connectivity index (χ1) is 13.0. The number of amides is 1. The highest BCUT2D eigenvalue weighted by Crippen LogP contribution is 2.24. The average Bonchev–Trinajstić information content (AvgIpc) is 2.68. The molecule has 8 nitrogen and oxygen atoms in total. The predicted octanol–water partition coefficient (Wildman–Crippen LogP) is -1.06. The molecule has 0 aliphatic carbocycles. The highest BCUT2D eigenvalue weighted by molar-refractivity contribution is 5.76. The Morgan fingerprint density at radius 1 is 1.19 bits per heavy atom. The Balaban J connectivity index is 1.84. The molecule has 1 aromatic carbocycles. The quantitative estimate of drug-likeness (QED) is 0.364. The molecule has 5 N–H and O–H groups in total. The van der Waals surface area contributed by atoms with Crippen molar-refractivity contribution < 1.29 is 34.7 Å². The monoisotopic (exact) mass is 379 g/mol. The van der Waals surface area contributed by atoms with Crippen LogP contribution in [0.15, 0.2) is 24.3 Å². The molecule has 1 heterocycles. The molecule has 1 aliphatic rings. The minimum atomic E-state index is -1.49. The second-order valence-corrected chi connectivity index (χ2v) is 6.26. The largest absolute Gasteiger partial charge is 0.462 e. The lowest BCUT2D eigenvalue weighted by molar-refractivity contribution is -0.277. The lowest BCUT2D eigenvalue weighted by Crippen LogP contribution is -2.60.